The average Bonchev–Trinajstić information content (AvgIpc) is 3.31. The Morgan fingerprint density at radius 2 is 1.80 bits per heavy atom. The normalized spacial score (nSPS) is 15.7. The van der Waals surface area contributed by atoms with E-state index in [2.05, 4.69) is 0 Å². The molecule has 9 heteroatoms. The summed E-state index contributed by atoms with van der Waals surface area (Å²) in [5, 5.41) is 0.461. The van der Waals surface area contributed by atoms with E-state index >= 15 is 0 Å². The van der Waals surface area contributed by atoms with Crippen molar-refractivity contribution in [2.24, 2.45) is 0 Å². The number of hydrogen-bond acceptors (Lipinski definition) is 5. The van der Waals surface area contributed by atoms with E-state index in [1.165, 1.54) is 6.07 Å². The van der Waals surface area contributed by atoms with Crippen molar-refractivity contribution in [1.29, 1.82) is 0 Å². The van der Waals surface area contributed by atoms with E-state index in [-0.39, 0.29) is 34.2 Å². The minimum atomic E-state index is -4.15. The van der Waals surface area contributed by atoms with Crippen molar-refractivity contribution in [3.05, 3.63) is 93.5 Å². The maximum Gasteiger partial charge on any atom is 0.340 e. The molecule has 1 heterocycles. The number of carbonyl (C=O) groups excluding carboxylic acids is 1. The first-order chi connectivity index (χ1) is 16.7. The highest BCUT2D eigenvalue weighted by Crippen LogP contribution is 2.29. The molecule has 0 spiro atoms. The summed E-state index contributed by atoms with van der Waals surface area (Å²) < 4.78 is 37.0. The molecule has 184 valence electrons. The van der Waals surface area contributed by atoms with Gasteiger partial charge in [0, 0.05) is 19.7 Å². The molecular weight excluding hydrogens is 509 g/mol. The second-order valence-corrected chi connectivity index (χ2v) is 10.7. The van der Waals surface area contributed by atoms with Crippen molar-refractivity contribution in [3.63, 3.8) is 0 Å². The standard InChI is InChI=1S/C26H25Cl2NO5S/c1-18-7-4-13-24(28)25(18)35(31,32)34-20-9-5-8-19(15-20)16-29(17-21-10-6-14-33-21)26(30)22-11-2-3-12-23(22)27/h2-5,7-9,11-13,15,21H,6,10,14,16-17H2,1H3/t21-/m1/s1. The van der Waals surface area contributed by atoms with Crippen LogP contribution in [0.4, 0.5) is 0 Å². The van der Waals surface area contributed by atoms with Gasteiger partial charge in [-0.25, -0.2) is 0 Å². The van der Waals surface area contributed by atoms with Crippen molar-refractivity contribution in [2.75, 3.05) is 13.2 Å². The van der Waals surface area contributed by atoms with Gasteiger partial charge in [-0.2, -0.15) is 8.42 Å². The van der Waals surface area contributed by atoms with Crippen LogP contribution in [0.1, 0.15) is 34.3 Å². The van der Waals surface area contributed by atoms with E-state index in [0.29, 0.717) is 34.9 Å². The summed E-state index contributed by atoms with van der Waals surface area (Å²) in [5.41, 5.74) is 1.59. The molecule has 1 aliphatic rings. The number of nitrogens with zero attached hydrogens (tertiary/aromatic N) is 1. The van der Waals surface area contributed by atoms with E-state index in [1.54, 1.807) is 66.4 Å². The molecule has 1 fully saturated rings. The lowest BCUT2D eigenvalue weighted by Gasteiger charge is -2.26. The minimum Gasteiger partial charge on any atom is -0.379 e. The van der Waals surface area contributed by atoms with Gasteiger partial charge in [0.1, 0.15) is 10.6 Å². The SMILES string of the molecule is Cc1cccc(Cl)c1S(=O)(=O)Oc1cccc(CN(C[C@H]2CCCO2)C(=O)c2ccccc2Cl)c1. The Morgan fingerprint density at radius 3 is 2.51 bits per heavy atom. The molecule has 3 aromatic rings. The first kappa shape index (κ1) is 25.5. The summed E-state index contributed by atoms with van der Waals surface area (Å²) >= 11 is 12.4. The fraction of sp³-hybridized carbons (Fsp3) is 0.269. The lowest BCUT2D eigenvalue weighted by molar-refractivity contribution is 0.0507. The maximum atomic E-state index is 13.4. The van der Waals surface area contributed by atoms with Crippen LogP contribution in [0.3, 0.4) is 0 Å². The van der Waals surface area contributed by atoms with Crippen molar-refractivity contribution in [1.82, 2.24) is 4.90 Å². The van der Waals surface area contributed by atoms with Gasteiger partial charge < -0.3 is 13.8 Å². The number of hydrogen-bond donors (Lipinski definition) is 0. The van der Waals surface area contributed by atoms with Crippen LogP contribution >= 0.6 is 23.2 Å². The summed E-state index contributed by atoms with van der Waals surface area (Å²) in [6.07, 6.45) is 1.75. The van der Waals surface area contributed by atoms with E-state index in [1.807, 2.05) is 6.07 Å². The van der Waals surface area contributed by atoms with Crippen LogP contribution in [-0.4, -0.2) is 38.5 Å². The molecule has 0 aromatic heterocycles. The second-order valence-electron chi connectivity index (χ2n) is 8.37. The predicted octanol–water partition coefficient (Wildman–Crippen LogP) is 5.89. The molecule has 0 N–H and O–H groups in total. The molecule has 0 aliphatic carbocycles. The van der Waals surface area contributed by atoms with E-state index in [4.69, 9.17) is 32.1 Å². The molecule has 0 saturated carbocycles. The highest BCUT2D eigenvalue weighted by Gasteiger charge is 2.26. The van der Waals surface area contributed by atoms with Crippen LogP contribution < -0.4 is 4.18 Å². The summed E-state index contributed by atoms with van der Waals surface area (Å²) in [4.78, 5) is 15.0. The van der Waals surface area contributed by atoms with Crippen LogP contribution in [0.2, 0.25) is 10.0 Å². The van der Waals surface area contributed by atoms with E-state index in [0.717, 1.165) is 12.8 Å². The average molecular weight is 534 g/mol. The van der Waals surface area contributed by atoms with Gasteiger partial charge in [0.05, 0.1) is 21.7 Å². The van der Waals surface area contributed by atoms with Crippen molar-refractivity contribution in [3.8, 4) is 5.75 Å². The summed E-state index contributed by atoms with van der Waals surface area (Å²) in [6.45, 7) is 2.95. The number of benzene rings is 3. The first-order valence-electron chi connectivity index (χ1n) is 11.2. The highest BCUT2D eigenvalue weighted by atomic mass is 35.5. The van der Waals surface area contributed by atoms with Crippen molar-refractivity contribution in [2.45, 2.75) is 37.3 Å². The Balaban J connectivity index is 1.58. The number of amides is 1. The maximum absolute atomic E-state index is 13.4. The molecule has 1 saturated heterocycles. The molecule has 6 nitrogen and oxygen atoms in total. The fourth-order valence-electron chi connectivity index (χ4n) is 4.08. The van der Waals surface area contributed by atoms with E-state index < -0.39 is 10.1 Å². The number of halogens is 2. The van der Waals surface area contributed by atoms with Crippen LogP contribution in [0.15, 0.2) is 71.6 Å². The molecule has 1 aliphatic heterocycles. The zero-order valence-corrected chi connectivity index (χ0v) is 21.4. The quantitative estimate of drug-likeness (QED) is 0.337. The molecule has 4 rings (SSSR count). The Hall–Kier alpha value is -2.58. The molecule has 35 heavy (non-hydrogen) atoms. The van der Waals surface area contributed by atoms with Crippen LogP contribution in [0, 0.1) is 6.92 Å². The molecule has 3 aromatic carbocycles. The zero-order chi connectivity index (χ0) is 25.0. The van der Waals surface area contributed by atoms with Gasteiger partial charge in [0.2, 0.25) is 0 Å². The molecular formula is C26H25Cl2NO5S. The van der Waals surface area contributed by atoms with Crippen molar-refractivity contribution >= 4 is 39.2 Å². The van der Waals surface area contributed by atoms with E-state index in [9.17, 15) is 13.2 Å². The van der Waals surface area contributed by atoms with Gasteiger partial charge in [0.25, 0.3) is 5.91 Å². The van der Waals surface area contributed by atoms with Gasteiger partial charge in [-0.05, 0) is 61.2 Å². The third-order valence-corrected chi connectivity index (χ3v) is 7.94. The minimum absolute atomic E-state index is 0.0653. The molecule has 0 unspecified atom stereocenters. The Labute approximate surface area is 215 Å². The van der Waals surface area contributed by atoms with Gasteiger partial charge in [-0.3, -0.25) is 4.79 Å². The third-order valence-electron chi connectivity index (χ3n) is 5.73. The zero-order valence-electron chi connectivity index (χ0n) is 19.1. The monoisotopic (exact) mass is 533 g/mol. The fourth-order valence-corrected chi connectivity index (χ4v) is 6.01. The lowest BCUT2D eigenvalue weighted by Crippen LogP contribution is -2.37. The summed E-state index contributed by atoms with van der Waals surface area (Å²) in [6, 6.07) is 18.4. The van der Waals surface area contributed by atoms with Crippen LogP contribution in [0.25, 0.3) is 0 Å². The second kappa shape index (κ2) is 11.0. The predicted molar refractivity (Wildman–Crippen MR) is 136 cm³/mol. The third kappa shape index (κ3) is 6.16. The van der Waals surface area contributed by atoms with Crippen molar-refractivity contribution < 1.29 is 22.1 Å². The highest BCUT2D eigenvalue weighted by molar-refractivity contribution is 7.87. The lowest BCUT2D eigenvalue weighted by atomic mass is 10.1. The Bertz CT molecular complexity index is 1300. The van der Waals surface area contributed by atoms with Gasteiger partial charge in [-0.15, -0.1) is 0 Å². The number of carbonyl (C=O) groups is 1. The topological polar surface area (TPSA) is 72.9 Å². The van der Waals surface area contributed by atoms with Gasteiger partial charge >= 0.3 is 10.1 Å². The number of aryl methyl sites for hydroxylation is 1. The van der Waals surface area contributed by atoms with Crippen LogP contribution in [0.5, 0.6) is 5.75 Å². The Kier molecular flexibility index (Phi) is 8.02. The molecule has 1 atom stereocenters. The van der Waals surface area contributed by atoms with Gasteiger partial charge in [-0.1, -0.05) is 59.6 Å². The summed E-state index contributed by atoms with van der Waals surface area (Å²) in [7, 11) is -4.15. The largest absolute Gasteiger partial charge is 0.379 e. The number of rotatable bonds is 8. The molecule has 1 amide bonds. The summed E-state index contributed by atoms with van der Waals surface area (Å²) in [5.74, 6) is -0.0965. The number of ether oxygens (including phenoxy) is 1. The van der Waals surface area contributed by atoms with Crippen LogP contribution in [-0.2, 0) is 21.4 Å². The first-order valence-corrected chi connectivity index (χ1v) is 13.3. The van der Waals surface area contributed by atoms with Gasteiger partial charge in [0.15, 0.2) is 0 Å². The Morgan fingerprint density at radius 1 is 1.06 bits per heavy atom. The molecule has 0 bridgehead atoms. The molecule has 0 radical (unpaired) electrons. The smallest absolute Gasteiger partial charge is 0.340 e.